The van der Waals surface area contributed by atoms with E-state index in [1.807, 2.05) is 0 Å². The van der Waals surface area contributed by atoms with Crippen molar-refractivity contribution in [1.82, 2.24) is 0 Å². The van der Waals surface area contributed by atoms with Crippen LogP contribution in [0.25, 0.3) is 0 Å². The van der Waals surface area contributed by atoms with Gasteiger partial charge in [0.2, 0.25) is 0 Å². The Labute approximate surface area is 98.6 Å². The lowest BCUT2D eigenvalue weighted by Crippen LogP contribution is -2.29. The summed E-state index contributed by atoms with van der Waals surface area (Å²) in [5, 5.41) is 12.7. The molecule has 5 heteroatoms. The van der Waals surface area contributed by atoms with E-state index in [-0.39, 0.29) is 11.6 Å². The van der Waals surface area contributed by atoms with E-state index >= 15 is 0 Å². The summed E-state index contributed by atoms with van der Waals surface area (Å²) in [4.78, 5) is 11.2. The van der Waals surface area contributed by atoms with Crippen LogP contribution in [0.5, 0.6) is 0 Å². The summed E-state index contributed by atoms with van der Waals surface area (Å²) < 4.78 is 13.5. The zero-order valence-electron chi connectivity index (χ0n) is 9.32. The highest BCUT2D eigenvalue weighted by molar-refractivity contribution is 5.98. The second-order valence-electron chi connectivity index (χ2n) is 4.28. The molecule has 0 aromatic heterocycles. The molecule has 0 aliphatic heterocycles. The zero-order chi connectivity index (χ0) is 12.4. The van der Waals surface area contributed by atoms with Crippen LogP contribution in [0.15, 0.2) is 18.2 Å². The Morgan fingerprint density at radius 2 is 2.24 bits per heavy atom. The van der Waals surface area contributed by atoms with Crippen LogP contribution in [0.1, 0.15) is 29.6 Å². The Kier molecular flexibility index (Phi) is 3.28. The second-order valence-corrected chi connectivity index (χ2v) is 4.28. The smallest absolute Gasteiger partial charge is 0.253 e. The molecule has 1 fully saturated rings. The minimum Gasteiger partial charge on any atom is -0.391 e. The highest BCUT2D eigenvalue weighted by Gasteiger charge is 2.26. The van der Waals surface area contributed by atoms with Crippen molar-refractivity contribution in [2.24, 2.45) is 5.73 Å². The fourth-order valence-corrected chi connectivity index (χ4v) is 2.20. The SMILES string of the molecule is NC(=O)c1c(F)cccc1NC1CCCC1O. The van der Waals surface area contributed by atoms with E-state index in [1.165, 1.54) is 12.1 Å². The molecule has 0 bridgehead atoms. The Bertz CT molecular complexity index is 437. The van der Waals surface area contributed by atoms with Crippen molar-refractivity contribution in [2.45, 2.75) is 31.4 Å². The molecule has 17 heavy (non-hydrogen) atoms. The topological polar surface area (TPSA) is 75.4 Å². The van der Waals surface area contributed by atoms with Crippen molar-refractivity contribution < 1.29 is 14.3 Å². The van der Waals surface area contributed by atoms with Gasteiger partial charge in [-0.3, -0.25) is 4.79 Å². The van der Waals surface area contributed by atoms with E-state index in [0.29, 0.717) is 5.69 Å². The molecule has 92 valence electrons. The van der Waals surface area contributed by atoms with Crippen LogP contribution in [0, 0.1) is 5.82 Å². The number of carbonyl (C=O) groups is 1. The summed E-state index contributed by atoms with van der Waals surface area (Å²) in [6.07, 6.45) is 1.98. The first-order valence-corrected chi connectivity index (χ1v) is 5.62. The zero-order valence-corrected chi connectivity index (χ0v) is 9.32. The van der Waals surface area contributed by atoms with Crippen molar-refractivity contribution in [2.75, 3.05) is 5.32 Å². The molecule has 1 amide bonds. The summed E-state index contributed by atoms with van der Waals surface area (Å²) in [7, 11) is 0. The van der Waals surface area contributed by atoms with Crippen LogP contribution >= 0.6 is 0 Å². The molecule has 2 rings (SSSR count). The number of rotatable bonds is 3. The molecule has 0 radical (unpaired) electrons. The first-order chi connectivity index (χ1) is 8.09. The summed E-state index contributed by atoms with van der Waals surface area (Å²) in [5.74, 6) is -1.45. The lowest BCUT2D eigenvalue weighted by atomic mass is 10.1. The third-order valence-corrected chi connectivity index (χ3v) is 3.08. The van der Waals surface area contributed by atoms with E-state index in [4.69, 9.17) is 5.73 Å². The number of carbonyl (C=O) groups excluding carboxylic acids is 1. The molecule has 0 spiro atoms. The number of aliphatic hydroxyl groups excluding tert-OH is 1. The maximum absolute atomic E-state index is 13.5. The van der Waals surface area contributed by atoms with Gasteiger partial charge < -0.3 is 16.2 Å². The number of hydrogen-bond acceptors (Lipinski definition) is 3. The fraction of sp³-hybridized carbons (Fsp3) is 0.417. The van der Waals surface area contributed by atoms with Crippen molar-refractivity contribution in [1.29, 1.82) is 0 Å². The van der Waals surface area contributed by atoms with Gasteiger partial charge in [0.05, 0.1) is 23.4 Å². The molecule has 0 heterocycles. The quantitative estimate of drug-likeness (QED) is 0.741. The van der Waals surface area contributed by atoms with Gasteiger partial charge in [0.15, 0.2) is 0 Å². The Hall–Kier alpha value is -1.62. The molecule has 0 saturated heterocycles. The van der Waals surface area contributed by atoms with Crippen molar-refractivity contribution >= 4 is 11.6 Å². The minimum atomic E-state index is -0.807. The van der Waals surface area contributed by atoms with E-state index in [9.17, 15) is 14.3 Å². The predicted molar refractivity (Wildman–Crippen MR) is 62.2 cm³/mol. The number of nitrogens with one attached hydrogen (secondary N) is 1. The molecule has 1 aromatic rings. The van der Waals surface area contributed by atoms with E-state index in [1.54, 1.807) is 6.07 Å². The van der Waals surface area contributed by atoms with Gasteiger partial charge in [-0.1, -0.05) is 6.07 Å². The molecule has 1 aromatic carbocycles. The summed E-state index contributed by atoms with van der Waals surface area (Å²) >= 11 is 0. The van der Waals surface area contributed by atoms with E-state index < -0.39 is 17.8 Å². The maximum atomic E-state index is 13.5. The third kappa shape index (κ3) is 2.39. The van der Waals surface area contributed by atoms with Crippen LogP contribution in [-0.2, 0) is 0 Å². The van der Waals surface area contributed by atoms with Gasteiger partial charge in [-0.05, 0) is 31.4 Å². The predicted octanol–water partition coefficient (Wildman–Crippen LogP) is 1.25. The molecule has 2 unspecified atom stereocenters. The van der Waals surface area contributed by atoms with Gasteiger partial charge in [-0.25, -0.2) is 4.39 Å². The summed E-state index contributed by atoms with van der Waals surface area (Å²) in [6, 6.07) is 4.14. The lowest BCUT2D eigenvalue weighted by molar-refractivity contribution is 0.0997. The van der Waals surface area contributed by atoms with Gasteiger partial charge in [0.1, 0.15) is 5.82 Å². The average Bonchev–Trinajstić information content (AvgIpc) is 2.64. The van der Waals surface area contributed by atoms with E-state index in [2.05, 4.69) is 5.32 Å². The van der Waals surface area contributed by atoms with E-state index in [0.717, 1.165) is 19.3 Å². The molecular weight excluding hydrogens is 223 g/mol. The van der Waals surface area contributed by atoms with Crippen molar-refractivity contribution in [3.05, 3.63) is 29.6 Å². The van der Waals surface area contributed by atoms with Crippen molar-refractivity contribution in [3.63, 3.8) is 0 Å². The molecule has 4 nitrogen and oxygen atoms in total. The monoisotopic (exact) mass is 238 g/mol. The molecule has 1 aliphatic carbocycles. The lowest BCUT2D eigenvalue weighted by Gasteiger charge is -2.19. The highest BCUT2D eigenvalue weighted by atomic mass is 19.1. The molecule has 1 aliphatic rings. The number of anilines is 1. The largest absolute Gasteiger partial charge is 0.391 e. The first kappa shape index (κ1) is 11.9. The van der Waals surface area contributed by atoms with Gasteiger partial charge >= 0.3 is 0 Å². The number of halogens is 1. The normalized spacial score (nSPS) is 23.6. The maximum Gasteiger partial charge on any atom is 0.253 e. The Balaban J connectivity index is 2.26. The third-order valence-electron chi connectivity index (χ3n) is 3.08. The average molecular weight is 238 g/mol. The second kappa shape index (κ2) is 4.71. The van der Waals surface area contributed by atoms with Gasteiger partial charge in [-0.15, -0.1) is 0 Å². The number of hydrogen-bond donors (Lipinski definition) is 3. The number of aliphatic hydroxyl groups is 1. The fourth-order valence-electron chi connectivity index (χ4n) is 2.20. The van der Waals surface area contributed by atoms with Gasteiger partial charge in [-0.2, -0.15) is 0 Å². The molecule has 2 atom stereocenters. The van der Waals surface area contributed by atoms with Crippen LogP contribution in [0.2, 0.25) is 0 Å². The molecular formula is C12H15FN2O2. The van der Waals surface area contributed by atoms with Crippen molar-refractivity contribution in [3.8, 4) is 0 Å². The van der Waals surface area contributed by atoms with Crippen LogP contribution < -0.4 is 11.1 Å². The van der Waals surface area contributed by atoms with Gasteiger partial charge in [0, 0.05) is 0 Å². The van der Waals surface area contributed by atoms with Crippen LogP contribution in [0.4, 0.5) is 10.1 Å². The van der Waals surface area contributed by atoms with Crippen LogP contribution in [-0.4, -0.2) is 23.2 Å². The Morgan fingerprint density at radius 3 is 2.82 bits per heavy atom. The Morgan fingerprint density at radius 1 is 1.47 bits per heavy atom. The number of benzene rings is 1. The number of nitrogens with two attached hydrogens (primary N) is 1. The van der Waals surface area contributed by atoms with Gasteiger partial charge in [0.25, 0.3) is 5.91 Å². The number of amides is 1. The minimum absolute atomic E-state index is 0.144. The first-order valence-electron chi connectivity index (χ1n) is 5.62. The summed E-state index contributed by atoms with van der Waals surface area (Å²) in [5.41, 5.74) is 5.35. The molecule has 4 N–H and O–H groups in total. The highest BCUT2D eigenvalue weighted by Crippen LogP contribution is 2.25. The number of primary amides is 1. The van der Waals surface area contributed by atoms with Crippen LogP contribution in [0.3, 0.4) is 0 Å². The summed E-state index contributed by atoms with van der Waals surface area (Å²) in [6.45, 7) is 0. The molecule has 1 saturated carbocycles. The standard InChI is InChI=1S/C12H15FN2O2/c13-7-3-1-5-9(11(7)12(14)17)15-8-4-2-6-10(8)16/h1,3,5,8,10,15-16H,2,4,6H2,(H2,14,17).